The van der Waals surface area contributed by atoms with Crippen molar-refractivity contribution >= 4 is 5.91 Å². The molecule has 0 atom stereocenters. The fraction of sp³-hybridized carbons (Fsp3) is 0.333. The number of carbonyl (C=O) groups excluding carboxylic acids is 1. The van der Waals surface area contributed by atoms with E-state index >= 15 is 0 Å². The van der Waals surface area contributed by atoms with Gasteiger partial charge in [-0.3, -0.25) is 9.78 Å². The van der Waals surface area contributed by atoms with E-state index in [1.54, 1.807) is 11.0 Å². The summed E-state index contributed by atoms with van der Waals surface area (Å²) >= 11 is 0. The number of piperidine rings is 1. The zero-order valence-electron chi connectivity index (χ0n) is 15.5. The molecule has 138 valence electrons. The number of aryl methyl sites for hydroxylation is 1. The van der Waals surface area contributed by atoms with E-state index in [9.17, 15) is 4.79 Å². The van der Waals surface area contributed by atoms with Gasteiger partial charge in [-0.15, -0.1) is 0 Å². The summed E-state index contributed by atoms with van der Waals surface area (Å²) in [6.45, 7) is 3.60. The summed E-state index contributed by atoms with van der Waals surface area (Å²) in [6, 6.07) is 11.8. The molecule has 6 heteroatoms. The molecule has 1 aliphatic rings. The first-order valence-electron chi connectivity index (χ1n) is 9.35. The molecule has 2 aromatic heterocycles. The van der Waals surface area contributed by atoms with Crippen LogP contribution in [0.5, 0.6) is 0 Å². The summed E-state index contributed by atoms with van der Waals surface area (Å²) in [5.74, 6) is 0.708. The lowest BCUT2D eigenvalue weighted by atomic mass is 9.91. The standard InChI is InChI=1S/C21H23N5O/c1-16-12-18(5-6-20(16)26-15-22-14-24-26)21(27)25-10-7-17(8-11-25)13-19-4-2-3-9-23-19/h2-6,9,12,14-15,17H,7-8,10-11,13H2,1H3. The van der Waals surface area contributed by atoms with Gasteiger partial charge in [0.15, 0.2) is 0 Å². The number of amides is 1. The SMILES string of the molecule is Cc1cc(C(=O)N2CCC(Cc3ccccn3)CC2)ccc1-n1cncn1. The molecular formula is C21H23N5O. The van der Waals surface area contributed by atoms with Gasteiger partial charge in [-0.2, -0.15) is 5.10 Å². The molecule has 0 radical (unpaired) electrons. The van der Waals surface area contributed by atoms with Gasteiger partial charge in [-0.1, -0.05) is 6.07 Å². The highest BCUT2D eigenvalue weighted by Gasteiger charge is 2.24. The summed E-state index contributed by atoms with van der Waals surface area (Å²) in [4.78, 5) is 23.3. The van der Waals surface area contributed by atoms with Crippen molar-refractivity contribution < 1.29 is 4.79 Å². The average molecular weight is 361 g/mol. The average Bonchev–Trinajstić information content (AvgIpc) is 3.23. The van der Waals surface area contributed by atoms with E-state index in [1.807, 2.05) is 48.4 Å². The molecule has 0 spiro atoms. The Kier molecular flexibility index (Phi) is 4.96. The summed E-state index contributed by atoms with van der Waals surface area (Å²) in [5, 5.41) is 4.16. The van der Waals surface area contributed by atoms with Crippen molar-refractivity contribution in [2.24, 2.45) is 5.92 Å². The van der Waals surface area contributed by atoms with Crippen LogP contribution < -0.4 is 0 Å². The molecule has 1 amide bonds. The third-order valence-corrected chi connectivity index (χ3v) is 5.24. The molecule has 6 nitrogen and oxygen atoms in total. The Bertz CT molecular complexity index is 900. The molecule has 27 heavy (non-hydrogen) atoms. The molecule has 0 aliphatic carbocycles. The smallest absolute Gasteiger partial charge is 0.253 e. The third-order valence-electron chi connectivity index (χ3n) is 5.24. The number of carbonyl (C=O) groups is 1. The van der Waals surface area contributed by atoms with Gasteiger partial charge in [0.25, 0.3) is 5.91 Å². The van der Waals surface area contributed by atoms with Crippen LogP contribution in [0, 0.1) is 12.8 Å². The Morgan fingerprint density at radius 1 is 1.19 bits per heavy atom. The number of aromatic nitrogens is 4. The quantitative estimate of drug-likeness (QED) is 0.716. The van der Waals surface area contributed by atoms with E-state index in [0.29, 0.717) is 5.92 Å². The first kappa shape index (κ1) is 17.4. The summed E-state index contributed by atoms with van der Waals surface area (Å²) in [5.41, 5.74) is 3.83. The molecule has 0 saturated carbocycles. The number of nitrogens with zero attached hydrogens (tertiary/aromatic N) is 5. The van der Waals surface area contributed by atoms with Gasteiger partial charge in [-0.05, 0) is 68.0 Å². The predicted molar refractivity (Wildman–Crippen MR) is 103 cm³/mol. The molecule has 1 aliphatic heterocycles. The minimum atomic E-state index is 0.111. The van der Waals surface area contributed by atoms with Crippen molar-refractivity contribution in [3.05, 3.63) is 72.1 Å². The van der Waals surface area contributed by atoms with Crippen molar-refractivity contribution in [3.8, 4) is 5.69 Å². The maximum Gasteiger partial charge on any atom is 0.253 e. The Morgan fingerprint density at radius 2 is 2.04 bits per heavy atom. The molecule has 0 unspecified atom stereocenters. The van der Waals surface area contributed by atoms with Crippen LogP contribution in [0.1, 0.15) is 34.5 Å². The number of hydrogen-bond acceptors (Lipinski definition) is 4. The van der Waals surface area contributed by atoms with E-state index in [1.165, 1.54) is 6.33 Å². The molecule has 4 rings (SSSR count). The fourth-order valence-corrected chi connectivity index (χ4v) is 3.72. The number of pyridine rings is 1. The van der Waals surface area contributed by atoms with Crippen LogP contribution in [0.15, 0.2) is 55.2 Å². The van der Waals surface area contributed by atoms with E-state index in [2.05, 4.69) is 21.1 Å². The van der Waals surface area contributed by atoms with Crippen LogP contribution in [0.4, 0.5) is 0 Å². The number of likely N-dealkylation sites (tertiary alicyclic amines) is 1. The number of benzene rings is 1. The monoisotopic (exact) mass is 361 g/mol. The van der Waals surface area contributed by atoms with Gasteiger partial charge in [-0.25, -0.2) is 9.67 Å². The zero-order chi connectivity index (χ0) is 18.6. The van der Waals surface area contributed by atoms with E-state index in [-0.39, 0.29) is 5.91 Å². The minimum absolute atomic E-state index is 0.111. The van der Waals surface area contributed by atoms with Gasteiger partial charge >= 0.3 is 0 Å². The largest absolute Gasteiger partial charge is 0.339 e. The van der Waals surface area contributed by atoms with Gasteiger partial charge in [0.1, 0.15) is 12.7 Å². The van der Waals surface area contributed by atoms with E-state index < -0.39 is 0 Å². The Morgan fingerprint density at radius 3 is 2.70 bits per heavy atom. The van der Waals surface area contributed by atoms with Gasteiger partial charge in [0.05, 0.1) is 5.69 Å². The number of hydrogen-bond donors (Lipinski definition) is 0. The van der Waals surface area contributed by atoms with Gasteiger partial charge in [0.2, 0.25) is 0 Å². The second-order valence-electron chi connectivity index (χ2n) is 7.10. The summed E-state index contributed by atoms with van der Waals surface area (Å²) < 4.78 is 1.71. The molecule has 1 saturated heterocycles. The van der Waals surface area contributed by atoms with Crippen LogP contribution in [-0.4, -0.2) is 43.6 Å². The third kappa shape index (κ3) is 3.89. The first-order chi connectivity index (χ1) is 13.2. The summed E-state index contributed by atoms with van der Waals surface area (Å²) in [7, 11) is 0. The molecule has 0 bridgehead atoms. The number of rotatable bonds is 4. The Balaban J connectivity index is 1.38. The topological polar surface area (TPSA) is 63.9 Å². The van der Waals surface area contributed by atoms with Crippen molar-refractivity contribution in [1.82, 2.24) is 24.6 Å². The highest BCUT2D eigenvalue weighted by atomic mass is 16.2. The van der Waals surface area contributed by atoms with Crippen molar-refractivity contribution in [2.45, 2.75) is 26.2 Å². The molecule has 1 fully saturated rings. The van der Waals surface area contributed by atoms with Crippen molar-refractivity contribution in [3.63, 3.8) is 0 Å². The lowest BCUT2D eigenvalue weighted by molar-refractivity contribution is 0.0690. The van der Waals surface area contributed by atoms with Crippen molar-refractivity contribution in [2.75, 3.05) is 13.1 Å². The second-order valence-corrected chi connectivity index (χ2v) is 7.10. The highest BCUT2D eigenvalue weighted by Crippen LogP contribution is 2.23. The lowest BCUT2D eigenvalue weighted by Gasteiger charge is -2.32. The Hall–Kier alpha value is -3.02. The molecule has 3 heterocycles. The highest BCUT2D eigenvalue weighted by molar-refractivity contribution is 5.94. The fourth-order valence-electron chi connectivity index (χ4n) is 3.72. The lowest BCUT2D eigenvalue weighted by Crippen LogP contribution is -2.39. The van der Waals surface area contributed by atoms with E-state index in [4.69, 9.17) is 0 Å². The van der Waals surface area contributed by atoms with Crippen LogP contribution in [0.2, 0.25) is 0 Å². The summed E-state index contributed by atoms with van der Waals surface area (Å²) in [6.07, 6.45) is 8.06. The van der Waals surface area contributed by atoms with Crippen molar-refractivity contribution in [1.29, 1.82) is 0 Å². The molecule has 0 N–H and O–H groups in total. The first-order valence-corrected chi connectivity index (χ1v) is 9.35. The Labute approximate surface area is 158 Å². The van der Waals surface area contributed by atoms with Gasteiger partial charge in [0, 0.05) is 30.5 Å². The second kappa shape index (κ2) is 7.70. The van der Waals surface area contributed by atoms with Crippen LogP contribution in [0.25, 0.3) is 5.69 Å². The van der Waals surface area contributed by atoms with Crippen LogP contribution >= 0.6 is 0 Å². The van der Waals surface area contributed by atoms with Crippen LogP contribution in [-0.2, 0) is 6.42 Å². The molecule has 3 aromatic rings. The zero-order valence-corrected chi connectivity index (χ0v) is 15.5. The van der Waals surface area contributed by atoms with E-state index in [0.717, 1.165) is 54.9 Å². The maximum absolute atomic E-state index is 12.9. The van der Waals surface area contributed by atoms with Crippen LogP contribution in [0.3, 0.4) is 0 Å². The van der Waals surface area contributed by atoms with Gasteiger partial charge < -0.3 is 4.90 Å². The molecular weight excluding hydrogens is 338 g/mol. The normalized spacial score (nSPS) is 15.1. The maximum atomic E-state index is 12.9. The predicted octanol–water partition coefficient (Wildman–Crippen LogP) is 3.07. The molecule has 1 aromatic carbocycles. The minimum Gasteiger partial charge on any atom is -0.339 e.